The Kier molecular flexibility index (Phi) is 2.91. The van der Waals surface area contributed by atoms with E-state index in [9.17, 15) is 0 Å². The molecule has 1 aromatic heterocycles. The van der Waals surface area contributed by atoms with Crippen molar-refractivity contribution in [1.82, 2.24) is 15.2 Å². The predicted octanol–water partition coefficient (Wildman–Crippen LogP) is 0.885. The van der Waals surface area contributed by atoms with E-state index in [4.69, 9.17) is 16.8 Å². The van der Waals surface area contributed by atoms with Crippen molar-refractivity contribution in [3.63, 3.8) is 0 Å². The molecular weight excluding hydrogens is 216 g/mol. The first-order chi connectivity index (χ1) is 7.29. The summed E-state index contributed by atoms with van der Waals surface area (Å²) in [6.45, 7) is 2.28. The first kappa shape index (κ1) is 10.0. The van der Waals surface area contributed by atoms with Gasteiger partial charge in [-0.3, -0.25) is 0 Å². The molecule has 0 unspecified atom stereocenters. The zero-order chi connectivity index (χ0) is 10.7. The lowest BCUT2D eigenvalue weighted by Gasteiger charge is -2.15. The van der Waals surface area contributed by atoms with Crippen LogP contribution in [0.1, 0.15) is 5.56 Å². The highest BCUT2D eigenvalue weighted by molar-refractivity contribution is 6.29. The van der Waals surface area contributed by atoms with Crippen molar-refractivity contribution >= 4 is 17.6 Å². The molecule has 1 aromatic rings. The maximum atomic E-state index is 8.71. The Morgan fingerprint density at radius 1 is 1.60 bits per heavy atom. The van der Waals surface area contributed by atoms with Gasteiger partial charge in [-0.15, -0.1) is 0 Å². The Labute approximate surface area is 92.4 Å². The van der Waals surface area contributed by atoms with Crippen LogP contribution in [0.25, 0.3) is 0 Å². The molecule has 1 aliphatic rings. The second-order valence-electron chi connectivity index (χ2n) is 3.26. The number of nitrogens with zero attached hydrogens (tertiary/aromatic N) is 3. The second-order valence-corrected chi connectivity index (χ2v) is 3.65. The summed E-state index contributed by atoms with van der Waals surface area (Å²) in [5.74, 6) is 0.505. The molecule has 1 aliphatic heterocycles. The fourth-order valence-corrected chi connectivity index (χ4v) is 1.61. The Balaban J connectivity index is 2.05. The molecule has 6 heteroatoms. The number of pyridine rings is 1. The second kappa shape index (κ2) is 4.35. The lowest BCUT2D eigenvalue weighted by Crippen LogP contribution is -2.29. The van der Waals surface area contributed by atoms with Crippen molar-refractivity contribution < 1.29 is 5.21 Å². The monoisotopic (exact) mass is 226 g/mol. The zero-order valence-electron chi connectivity index (χ0n) is 8.02. The van der Waals surface area contributed by atoms with Crippen molar-refractivity contribution in [2.45, 2.75) is 6.54 Å². The maximum absolute atomic E-state index is 8.71. The Bertz CT molecular complexity index is 365. The first-order valence-electron chi connectivity index (χ1n) is 4.61. The van der Waals surface area contributed by atoms with Gasteiger partial charge in [-0.2, -0.15) is 0 Å². The van der Waals surface area contributed by atoms with Crippen molar-refractivity contribution in [2.24, 2.45) is 5.16 Å². The molecule has 0 spiro atoms. The topological polar surface area (TPSA) is 60.8 Å². The molecule has 0 aromatic carbocycles. The lowest BCUT2D eigenvalue weighted by atomic mass is 10.3. The number of aromatic nitrogens is 1. The molecule has 0 bridgehead atoms. The smallest absolute Gasteiger partial charge is 0.236 e. The van der Waals surface area contributed by atoms with E-state index in [0.717, 1.165) is 18.7 Å². The van der Waals surface area contributed by atoms with E-state index in [1.54, 1.807) is 12.3 Å². The normalized spacial score (nSPS) is 18.2. The minimum absolute atomic E-state index is 0.481. The van der Waals surface area contributed by atoms with E-state index in [1.807, 2.05) is 11.0 Å². The number of halogens is 1. The summed E-state index contributed by atoms with van der Waals surface area (Å²) in [5.41, 5.74) is 1.03. The molecule has 0 radical (unpaired) electrons. The van der Waals surface area contributed by atoms with Gasteiger partial charge in [0, 0.05) is 25.8 Å². The van der Waals surface area contributed by atoms with E-state index in [1.165, 1.54) is 0 Å². The summed E-state index contributed by atoms with van der Waals surface area (Å²) in [6, 6.07) is 3.65. The van der Waals surface area contributed by atoms with Gasteiger partial charge in [0.2, 0.25) is 5.96 Å². The molecule has 1 fully saturated rings. The van der Waals surface area contributed by atoms with E-state index >= 15 is 0 Å². The molecular formula is C9H11ClN4O. The number of hydrogen-bond donors (Lipinski definition) is 2. The maximum Gasteiger partial charge on any atom is 0.236 e. The van der Waals surface area contributed by atoms with Crippen LogP contribution in [0, 0.1) is 0 Å². The van der Waals surface area contributed by atoms with Crippen LogP contribution in [0.3, 0.4) is 0 Å². The Morgan fingerprint density at radius 3 is 3.13 bits per heavy atom. The molecule has 80 valence electrons. The van der Waals surface area contributed by atoms with Crippen molar-refractivity contribution in [2.75, 3.05) is 13.1 Å². The van der Waals surface area contributed by atoms with Gasteiger partial charge in [0.15, 0.2) is 0 Å². The van der Waals surface area contributed by atoms with Gasteiger partial charge in [-0.25, -0.2) is 4.98 Å². The van der Waals surface area contributed by atoms with E-state index in [0.29, 0.717) is 17.7 Å². The van der Waals surface area contributed by atoms with Crippen LogP contribution in [0.4, 0.5) is 0 Å². The molecule has 15 heavy (non-hydrogen) atoms. The van der Waals surface area contributed by atoms with Gasteiger partial charge < -0.3 is 15.4 Å². The number of nitrogens with one attached hydrogen (secondary N) is 1. The first-order valence-corrected chi connectivity index (χ1v) is 4.98. The van der Waals surface area contributed by atoms with Crippen molar-refractivity contribution in [3.05, 3.63) is 29.0 Å². The molecule has 2 N–H and O–H groups in total. The number of rotatable bonds is 2. The van der Waals surface area contributed by atoms with Gasteiger partial charge in [-0.1, -0.05) is 22.8 Å². The molecule has 0 saturated carbocycles. The van der Waals surface area contributed by atoms with Crippen molar-refractivity contribution in [3.8, 4) is 0 Å². The summed E-state index contributed by atoms with van der Waals surface area (Å²) < 4.78 is 0. The third kappa shape index (κ3) is 2.30. The molecule has 0 aliphatic carbocycles. The molecule has 1 saturated heterocycles. The number of hydrogen-bond acceptors (Lipinski definition) is 3. The van der Waals surface area contributed by atoms with E-state index in [-0.39, 0.29) is 0 Å². The number of oxime groups is 1. The third-order valence-corrected chi connectivity index (χ3v) is 2.44. The summed E-state index contributed by atoms with van der Waals surface area (Å²) in [6.07, 6.45) is 1.72. The van der Waals surface area contributed by atoms with Gasteiger partial charge in [-0.05, 0) is 11.6 Å². The minimum atomic E-state index is 0.481. The average molecular weight is 227 g/mol. The van der Waals surface area contributed by atoms with Crippen LogP contribution in [0.5, 0.6) is 0 Å². The Morgan fingerprint density at radius 2 is 2.47 bits per heavy atom. The summed E-state index contributed by atoms with van der Waals surface area (Å²) >= 11 is 5.68. The minimum Gasteiger partial charge on any atom is -0.408 e. The van der Waals surface area contributed by atoms with Gasteiger partial charge >= 0.3 is 0 Å². The van der Waals surface area contributed by atoms with Crippen LogP contribution in [-0.4, -0.2) is 34.1 Å². The molecule has 2 heterocycles. The molecule has 0 amide bonds. The quantitative estimate of drug-likeness (QED) is 0.447. The van der Waals surface area contributed by atoms with Crippen LogP contribution in [0.15, 0.2) is 23.5 Å². The fraction of sp³-hybridized carbons (Fsp3) is 0.333. The molecule has 5 nitrogen and oxygen atoms in total. The van der Waals surface area contributed by atoms with Crippen LogP contribution in [-0.2, 0) is 6.54 Å². The largest absolute Gasteiger partial charge is 0.408 e. The standard InChI is InChI=1S/C9H11ClN4O/c10-8-2-1-7(5-12-8)6-14-4-3-11-9(14)13-15/h1-2,5,15H,3-4,6H2,(H,11,13). The van der Waals surface area contributed by atoms with E-state index in [2.05, 4.69) is 15.5 Å². The SMILES string of the molecule is O/N=C1\NCCN1Cc1ccc(Cl)nc1. The lowest BCUT2D eigenvalue weighted by molar-refractivity contribution is 0.303. The summed E-state index contributed by atoms with van der Waals surface area (Å²) in [4.78, 5) is 5.92. The fourth-order valence-electron chi connectivity index (χ4n) is 1.49. The van der Waals surface area contributed by atoms with Gasteiger partial charge in [0.05, 0.1) is 0 Å². The average Bonchev–Trinajstić information content (AvgIpc) is 2.69. The highest BCUT2D eigenvalue weighted by atomic mass is 35.5. The summed E-state index contributed by atoms with van der Waals surface area (Å²) in [7, 11) is 0. The molecule has 2 rings (SSSR count). The highest BCUT2D eigenvalue weighted by Crippen LogP contribution is 2.09. The molecule has 0 atom stereocenters. The zero-order valence-corrected chi connectivity index (χ0v) is 8.78. The predicted molar refractivity (Wildman–Crippen MR) is 56.9 cm³/mol. The third-order valence-electron chi connectivity index (χ3n) is 2.22. The number of guanidine groups is 1. The van der Waals surface area contributed by atoms with Crippen molar-refractivity contribution in [1.29, 1.82) is 0 Å². The van der Waals surface area contributed by atoms with Crippen LogP contribution in [0.2, 0.25) is 5.15 Å². The van der Waals surface area contributed by atoms with Crippen LogP contribution >= 0.6 is 11.6 Å². The summed E-state index contributed by atoms with van der Waals surface area (Å²) in [5, 5.41) is 15.3. The van der Waals surface area contributed by atoms with Gasteiger partial charge in [0.25, 0.3) is 0 Å². The van der Waals surface area contributed by atoms with Crippen LogP contribution < -0.4 is 5.32 Å². The Hall–Kier alpha value is -1.49. The van der Waals surface area contributed by atoms with Gasteiger partial charge in [0.1, 0.15) is 5.15 Å². The van der Waals surface area contributed by atoms with E-state index < -0.39 is 0 Å². The highest BCUT2D eigenvalue weighted by Gasteiger charge is 2.18.